The van der Waals surface area contributed by atoms with Gasteiger partial charge in [0.1, 0.15) is 0 Å². The lowest BCUT2D eigenvalue weighted by atomic mass is 9.58. The first-order valence-corrected chi connectivity index (χ1v) is 35.0. The van der Waals surface area contributed by atoms with Gasteiger partial charge in [0.05, 0.1) is 0 Å². The molecule has 8 saturated carbocycles. The van der Waals surface area contributed by atoms with Gasteiger partial charge in [-0.2, -0.15) is 0 Å². The molecule has 0 spiro atoms. The van der Waals surface area contributed by atoms with E-state index >= 15 is 0 Å². The van der Waals surface area contributed by atoms with E-state index in [0.29, 0.717) is 21.7 Å². The van der Waals surface area contributed by atoms with Crippen LogP contribution >= 0.6 is 0 Å². The van der Waals surface area contributed by atoms with Gasteiger partial charge < -0.3 is 0 Å². The number of rotatable bonds is 6. The average Bonchev–Trinajstić information content (AvgIpc) is 4.09. The molecule has 0 nitrogen and oxygen atoms in total. The van der Waals surface area contributed by atoms with Crippen LogP contribution in [0.2, 0.25) is 0 Å². The molecule has 8 rings (SSSR count). The van der Waals surface area contributed by atoms with Crippen LogP contribution in [0.15, 0.2) is 0 Å². The summed E-state index contributed by atoms with van der Waals surface area (Å²) < 4.78 is 0. The Kier molecular flexibility index (Phi) is 40.2. The molecule has 5 atom stereocenters. The van der Waals surface area contributed by atoms with Crippen molar-refractivity contribution in [2.24, 2.45) is 105 Å². The summed E-state index contributed by atoms with van der Waals surface area (Å²) in [5.74, 6) is 13.9. The Labute approximate surface area is 480 Å². The summed E-state index contributed by atoms with van der Waals surface area (Å²) >= 11 is 0. The molecule has 0 heterocycles. The van der Waals surface area contributed by atoms with Gasteiger partial charge in [0.25, 0.3) is 0 Å². The van der Waals surface area contributed by atoms with Crippen LogP contribution in [0.3, 0.4) is 0 Å². The van der Waals surface area contributed by atoms with Gasteiger partial charge in [-0.15, -0.1) is 0 Å². The van der Waals surface area contributed by atoms with E-state index < -0.39 is 0 Å². The molecule has 0 amide bonds. The van der Waals surface area contributed by atoms with Crippen LogP contribution in [0.4, 0.5) is 0 Å². The van der Waals surface area contributed by atoms with Crippen LogP contribution in [-0.2, 0) is 0 Å². The van der Waals surface area contributed by atoms with E-state index in [2.05, 4.69) is 166 Å². The first kappa shape index (κ1) is 75.0. The molecular weight excluding hydrogens is 901 g/mol. The zero-order chi connectivity index (χ0) is 57.4. The summed E-state index contributed by atoms with van der Waals surface area (Å²) in [5.41, 5.74) is 2.44. The van der Waals surface area contributed by atoms with Crippen molar-refractivity contribution in [3.05, 3.63) is 0 Å². The van der Waals surface area contributed by atoms with Gasteiger partial charge in [-0.25, -0.2) is 0 Å². The highest BCUT2D eigenvalue weighted by molar-refractivity contribution is 4.90. The Bertz CT molecular complexity index is 1210. The van der Waals surface area contributed by atoms with Crippen LogP contribution in [-0.4, -0.2) is 0 Å². The maximum Gasteiger partial charge on any atom is -0.0323 e. The molecule has 452 valence electrons. The van der Waals surface area contributed by atoms with Crippen molar-refractivity contribution in [3.8, 4) is 0 Å². The van der Waals surface area contributed by atoms with Gasteiger partial charge in [0.15, 0.2) is 0 Å². The average molecular weight is 1050 g/mol. The normalized spacial score (nSPS) is 29.3. The molecule has 0 aromatic heterocycles. The molecule has 0 radical (unpaired) electrons. The SMILES string of the molecule is CC(C)C1CCC1.CC(C)C1CCCC1.CC1C(C)(C)CCCC1(C)C.CC1CCC(C)(C)CC1.CC1CCCC(C)C1C.CC1CCCC[C@H]1C.CCC(CC)CC.CCC1CCCC1.C[C@@H]1CCCCC1(C)C. The van der Waals surface area contributed by atoms with Crippen molar-refractivity contribution in [3.63, 3.8) is 0 Å². The third-order valence-electron chi connectivity index (χ3n) is 23.5. The van der Waals surface area contributed by atoms with Gasteiger partial charge in [0.2, 0.25) is 0 Å². The van der Waals surface area contributed by atoms with Crippen LogP contribution in [0.25, 0.3) is 0 Å². The highest BCUT2D eigenvalue weighted by Crippen LogP contribution is 2.50. The molecular formula is C75H152. The molecule has 0 aliphatic heterocycles. The topological polar surface area (TPSA) is 0 Å². The first-order valence-electron chi connectivity index (χ1n) is 35.0. The number of hydrogen-bond donors (Lipinski definition) is 0. The Morgan fingerprint density at radius 3 is 0.933 bits per heavy atom. The molecule has 0 aromatic carbocycles. The van der Waals surface area contributed by atoms with Crippen LogP contribution in [0.1, 0.15) is 378 Å². The molecule has 0 heteroatoms. The predicted octanol–water partition coefficient (Wildman–Crippen LogP) is 26.9. The van der Waals surface area contributed by atoms with Crippen molar-refractivity contribution < 1.29 is 0 Å². The van der Waals surface area contributed by atoms with E-state index in [9.17, 15) is 0 Å². The van der Waals surface area contributed by atoms with Crippen LogP contribution in [0, 0.1) is 105 Å². The zero-order valence-electron chi connectivity index (χ0n) is 57.4. The van der Waals surface area contributed by atoms with Gasteiger partial charge in [-0.05, 0) is 137 Å². The quantitative estimate of drug-likeness (QED) is 0.249. The van der Waals surface area contributed by atoms with Crippen molar-refractivity contribution in [2.75, 3.05) is 0 Å². The lowest BCUT2D eigenvalue weighted by Gasteiger charge is -2.47. The van der Waals surface area contributed by atoms with Crippen molar-refractivity contribution in [2.45, 2.75) is 378 Å². The van der Waals surface area contributed by atoms with Crippen molar-refractivity contribution >= 4 is 0 Å². The zero-order valence-corrected chi connectivity index (χ0v) is 57.4. The second-order valence-electron chi connectivity index (χ2n) is 31.9. The Hall–Kier alpha value is 0. The standard InChI is InChI=1S/C11H22.3C9H18.2C8H16.2C7H14.C7H16/c1-9-10(2,3)7-6-8-11(9,4)5;1-8-4-6-9(2,3)7-5-8;1-8-6-4-5-7-9(8,2)3;1-7-5-4-6-8(2)9(7)3;1-7-5-3-4-6-8(7)2;1-7(2)8-5-3-4-6-8;1-6(2)7-4-3-5-7;1-2-7-5-3-4-6-7;1-4-7(5-2)6-3/h9H,6-8H2,1-5H3;2*8H,4-7H2,1-3H3;7-9H,4-6H2,1-3H3;2*7-8H,3-6H2,1-2H3;6-7H,3-5H2,1-2H3;7H,2-6H2,1H3;7H,4-6H2,1-3H3/t;;8-;;7-,8?;;;;/m..1.1..../s1. The summed E-state index contributed by atoms with van der Waals surface area (Å²) in [6.07, 6.45) is 48.1. The third kappa shape index (κ3) is 33.5. The maximum atomic E-state index is 2.42. The van der Waals surface area contributed by atoms with Crippen LogP contribution < -0.4 is 0 Å². The summed E-state index contributed by atoms with van der Waals surface area (Å²) in [7, 11) is 0. The molecule has 8 aliphatic carbocycles. The van der Waals surface area contributed by atoms with E-state index in [-0.39, 0.29) is 0 Å². The molecule has 75 heavy (non-hydrogen) atoms. The van der Waals surface area contributed by atoms with Crippen molar-refractivity contribution in [1.29, 1.82) is 0 Å². The molecule has 8 fully saturated rings. The Morgan fingerprint density at radius 1 is 0.347 bits per heavy atom. The Balaban J connectivity index is 0.000000824. The highest BCUT2D eigenvalue weighted by Gasteiger charge is 2.40. The highest BCUT2D eigenvalue weighted by atomic mass is 14.5. The summed E-state index contributed by atoms with van der Waals surface area (Å²) in [5, 5.41) is 0. The summed E-state index contributed by atoms with van der Waals surface area (Å²) in [4.78, 5) is 0. The molecule has 8 aliphatic rings. The van der Waals surface area contributed by atoms with E-state index in [1.807, 2.05) is 0 Å². The fraction of sp³-hybridized carbons (Fsp3) is 1.00. The molecule has 0 bridgehead atoms. The summed E-state index contributed by atoms with van der Waals surface area (Å²) in [6, 6.07) is 0. The fourth-order valence-electron chi connectivity index (χ4n) is 14.1. The first-order chi connectivity index (χ1) is 35.0. The van der Waals surface area contributed by atoms with Gasteiger partial charge in [-0.1, -0.05) is 346 Å². The van der Waals surface area contributed by atoms with E-state index in [0.717, 1.165) is 82.9 Å². The second kappa shape index (κ2) is 40.2. The van der Waals surface area contributed by atoms with Gasteiger partial charge in [-0.3, -0.25) is 0 Å². The maximum absolute atomic E-state index is 2.42. The molecule has 0 N–H and O–H groups in total. The minimum Gasteiger partial charge on any atom is -0.0651 e. The van der Waals surface area contributed by atoms with E-state index in [1.54, 1.807) is 0 Å². The van der Waals surface area contributed by atoms with Gasteiger partial charge in [0, 0.05) is 0 Å². The smallest absolute Gasteiger partial charge is 0.0323 e. The monoisotopic (exact) mass is 1050 g/mol. The lowest BCUT2D eigenvalue weighted by molar-refractivity contribution is 0.0286. The third-order valence-corrected chi connectivity index (χ3v) is 23.5. The second-order valence-corrected chi connectivity index (χ2v) is 31.9. The largest absolute Gasteiger partial charge is 0.0651 e. The van der Waals surface area contributed by atoms with Crippen molar-refractivity contribution in [1.82, 2.24) is 0 Å². The van der Waals surface area contributed by atoms with Crippen LogP contribution in [0.5, 0.6) is 0 Å². The van der Waals surface area contributed by atoms with E-state index in [4.69, 9.17) is 0 Å². The minimum absolute atomic E-state index is 0.571. The fourth-order valence-corrected chi connectivity index (χ4v) is 14.1. The van der Waals surface area contributed by atoms with Gasteiger partial charge >= 0.3 is 0 Å². The predicted molar refractivity (Wildman–Crippen MR) is 347 cm³/mol. The Morgan fingerprint density at radius 2 is 0.693 bits per heavy atom. The molecule has 3 unspecified atom stereocenters. The molecule has 0 aromatic rings. The lowest BCUT2D eigenvalue weighted by Crippen LogP contribution is -2.38. The molecule has 0 saturated heterocycles. The van der Waals surface area contributed by atoms with E-state index in [1.165, 1.54) is 212 Å². The summed E-state index contributed by atoms with van der Waals surface area (Å²) in [6.45, 7) is 56.8. The minimum atomic E-state index is 0.571. The number of hydrogen-bond acceptors (Lipinski definition) is 0.